The number of likely N-dealkylation sites (tertiary alicyclic amines) is 1. The van der Waals surface area contributed by atoms with Crippen LogP contribution in [-0.4, -0.2) is 65.3 Å². The van der Waals surface area contributed by atoms with Crippen molar-refractivity contribution < 1.29 is 29.0 Å². The molecule has 0 aromatic heterocycles. The molecule has 42 heavy (non-hydrogen) atoms. The third-order valence-electron chi connectivity index (χ3n) is 9.03. The van der Waals surface area contributed by atoms with Gasteiger partial charge >= 0.3 is 5.97 Å². The highest BCUT2D eigenvalue weighted by Gasteiger charge is 2.72. The van der Waals surface area contributed by atoms with E-state index in [0.29, 0.717) is 24.1 Å². The number of nitrogens with zero attached hydrogens (tertiary/aromatic N) is 2. The van der Waals surface area contributed by atoms with Crippen LogP contribution in [0.3, 0.4) is 0 Å². The second-order valence-corrected chi connectivity index (χ2v) is 11.3. The molecule has 2 saturated heterocycles. The van der Waals surface area contributed by atoms with Crippen LogP contribution in [0.15, 0.2) is 97.1 Å². The lowest BCUT2D eigenvalue weighted by Gasteiger charge is -2.38. The molecule has 0 bridgehead atoms. The highest BCUT2D eigenvalue weighted by Crippen LogP contribution is 2.55. The molecule has 3 aromatic rings. The summed E-state index contributed by atoms with van der Waals surface area (Å²) in [5, 5.41) is 12.7. The fraction of sp³-hybridized carbons (Fsp3) is 0.324. The van der Waals surface area contributed by atoms with E-state index >= 15 is 0 Å². The largest absolute Gasteiger partial charge is 0.465 e. The second kappa shape index (κ2) is 10.5. The Morgan fingerprint density at radius 3 is 2.52 bits per heavy atom. The second-order valence-electron chi connectivity index (χ2n) is 11.3. The number of rotatable bonds is 4. The van der Waals surface area contributed by atoms with E-state index in [2.05, 4.69) is 0 Å². The van der Waals surface area contributed by atoms with Gasteiger partial charge in [-0.1, -0.05) is 85.0 Å². The summed E-state index contributed by atoms with van der Waals surface area (Å²) in [6.45, 7) is 0.111. The summed E-state index contributed by atoms with van der Waals surface area (Å²) in [7, 11) is 0. The number of hydrogen-bond acceptors (Lipinski definition) is 6. The molecular formula is C34H32N2O6. The predicted molar refractivity (Wildman–Crippen MR) is 156 cm³/mol. The van der Waals surface area contributed by atoms with Crippen LogP contribution in [0.5, 0.6) is 0 Å². The van der Waals surface area contributed by atoms with E-state index in [1.807, 2.05) is 91.0 Å². The minimum atomic E-state index is -1.42. The molecule has 214 valence electrons. The molecule has 1 N–H and O–H groups in total. The molecule has 0 aliphatic carbocycles. The van der Waals surface area contributed by atoms with Crippen LogP contribution in [0.25, 0.3) is 10.8 Å². The third kappa shape index (κ3) is 4.08. The molecular weight excluding hydrogens is 532 g/mol. The number of cyclic esters (lactones) is 1. The van der Waals surface area contributed by atoms with Crippen molar-refractivity contribution in [3.05, 3.63) is 103 Å². The number of ether oxygens (including phenoxy) is 2. The average molecular weight is 565 g/mol. The van der Waals surface area contributed by atoms with Crippen molar-refractivity contribution in [2.24, 2.45) is 11.8 Å². The summed E-state index contributed by atoms with van der Waals surface area (Å²) in [4.78, 5) is 46.0. The minimum absolute atomic E-state index is 0.251. The quantitative estimate of drug-likeness (QED) is 0.381. The number of carbonyl (C=O) groups excluding carboxylic acids is 3. The lowest BCUT2D eigenvalue weighted by Crippen LogP contribution is -2.56. The number of allylic oxidation sites excluding steroid dienone is 1. The normalized spacial score (nSPS) is 30.5. The molecule has 7 rings (SSSR count). The molecule has 4 heterocycles. The number of aliphatic hydroxyl groups is 1. The first-order chi connectivity index (χ1) is 20.5. The van der Waals surface area contributed by atoms with E-state index in [1.54, 1.807) is 11.0 Å². The van der Waals surface area contributed by atoms with E-state index in [1.165, 1.54) is 4.90 Å². The van der Waals surface area contributed by atoms with Crippen molar-refractivity contribution in [1.82, 2.24) is 4.90 Å². The zero-order valence-electron chi connectivity index (χ0n) is 23.0. The third-order valence-corrected chi connectivity index (χ3v) is 9.03. The van der Waals surface area contributed by atoms with Gasteiger partial charge in [0, 0.05) is 12.2 Å². The molecule has 4 aliphatic heterocycles. The summed E-state index contributed by atoms with van der Waals surface area (Å²) >= 11 is 0. The number of esters is 1. The molecule has 1 spiro atoms. The van der Waals surface area contributed by atoms with Gasteiger partial charge in [0.25, 0.3) is 5.91 Å². The molecule has 2 fully saturated rings. The Morgan fingerprint density at radius 1 is 0.929 bits per heavy atom. The lowest BCUT2D eigenvalue weighted by molar-refractivity contribution is -0.155. The van der Waals surface area contributed by atoms with E-state index in [4.69, 9.17) is 9.47 Å². The first-order valence-corrected chi connectivity index (χ1v) is 14.5. The maximum absolute atomic E-state index is 14.8. The fourth-order valence-corrected chi connectivity index (χ4v) is 7.13. The number of aliphatic hydroxyl groups excluding tert-OH is 1. The SMILES string of the molecule is O=C1OCCC/C=C\[C@H]2O[C@]34C=CCN(c5ccc6ccccc6c5)C(=O)C3N([C@H](CO)c3ccccc3)C(=O)[C@@H]4[C@@H]12. The summed E-state index contributed by atoms with van der Waals surface area (Å²) in [5.41, 5.74) is -0.0357. The molecule has 2 amide bonds. The molecule has 8 nitrogen and oxygen atoms in total. The summed E-state index contributed by atoms with van der Waals surface area (Å²) in [6, 6.07) is 21.0. The maximum atomic E-state index is 14.8. The smallest absolute Gasteiger partial charge is 0.312 e. The van der Waals surface area contributed by atoms with Crippen LogP contribution < -0.4 is 4.90 Å². The summed E-state index contributed by atoms with van der Waals surface area (Å²) in [5.74, 6) is -3.14. The Labute approximate surface area is 243 Å². The van der Waals surface area contributed by atoms with Crippen molar-refractivity contribution in [2.75, 3.05) is 24.7 Å². The molecule has 4 aliphatic rings. The monoisotopic (exact) mass is 564 g/mol. The first kappa shape index (κ1) is 26.6. The van der Waals surface area contributed by atoms with E-state index in [-0.39, 0.29) is 19.1 Å². The van der Waals surface area contributed by atoms with Crippen molar-refractivity contribution >= 4 is 34.2 Å². The fourth-order valence-electron chi connectivity index (χ4n) is 7.13. The van der Waals surface area contributed by atoms with Gasteiger partial charge in [-0.3, -0.25) is 14.4 Å². The van der Waals surface area contributed by atoms with Gasteiger partial charge in [0.05, 0.1) is 31.3 Å². The van der Waals surface area contributed by atoms with Crippen LogP contribution in [-0.2, 0) is 23.9 Å². The molecule has 0 saturated carbocycles. The summed E-state index contributed by atoms with van der Waals surface area (Å²) < 4.78 is 12.3. The van der Waals surface area contributed by atoms with E-state index in [0.717, 1.165) is 10.8 Å². The van der Waals surface area contributed by atoms with Crippen LogP contribution >= 0.6 is 0 Å². The van der Waals surface area contributed by atoms with Gasteiger partial charge in [0.2, 0.25) is 5.91 Å². The number of amides is 2. The Bertz CT molecular complexity index is 1600. The van der Waals surface area contributed by atoms with Crippen LogP contribution in [0.4, 0.5) is 5.69 Å². The minimum Gasteiger partial charge on any atom is -0.465 e. The number of fused-ring (bicyclic) bond motifs is 3. The van der Waals surface area contributed by atoms with Crippen molar-refractivity contribution in [3.63, 3.8) is 0 Å². The van der Waals surface area contributed by atoms with Gasteiger partial charge in [-0.25, -0.2) is 0 Å². The van der Waals surface area contributed by atoms with E-state index < -0.39 is 54.1 Å². The van der Waals surface area contributed by atoms with Gasteiger partial charge in [-0.05, 0) is 41.3 Å². The number of anilines is 1. The lowest BCUT2D eigenvalue weighted by atomic mass is 9.78. The topological polar surface area (TPSA) is 96.4 Å². The van der Waals surface area contributed by atoms with Gasteiger partial charge in [-0.15, -0.1) is 0 Å². The summed E-state index contributed by atoms with van der Waals surface area (Å²) in [6.07, 6.45) is 8.13. The molecule has 0 radical (unpaired) electrons. The number of benzene rings is 3. The molecule has 6 atom stereocenters. The van der Waals surface area contributed by atoms with Gasteiger partial charge in [0.15, 0.2) is 0 Å². The molecule has 3 aromatic carbocycles. The van der Waals surface area contributed by atoms with Crippen LogP contribution in [0.2, 0.25) is 0 Å². The van der Waals surface area contributed by atoms with Crippen molar-refractivity contribution in [3.8, 4) is 0 Å². The number of carbonyl (C=O) groups is 3. The molecule has 1 unspecified atom stereocenters. The van der Waals surface area contributed by atoms with Crippen LogP contribution in [0, 0.1) is 11.8 Å². The Balaban J connectivity index is 1.38. The van der Waals surface area contributed by atoms with E-state index in [9.17, 15) is 19.5 Å². The van der Waals surface area contributed by atoms with Gasteiger partial charge in [0.1, 0.15) is 17.6 Å². The number of hydrogen-bond donors (Lipinski definition) is 1. The Hall–Kier alpha value is -4.27. The molecule has 8 heteroatoms. The van der Waals surface area contributed by atoms with Gasteiger partial charge < -0.3 is 24.4 Å². The zero-order valence-corrected chi connectivity index (χ0v) is 23.0. The van der Waals surface area contributed by atoms with Crippen LogP contribution in [0.1, 0.15) is 24.4 Å². The predicted octanol–water partition coefficient (Wildman–Crippen LogP) is 3.95. The van der Waals surface area contributed by atoms with Gasteiger partial charge in [-0.2, -0.15) is 0 Å². The maximum Gasteiger partial charge on any atom is 0.312 e. The Kier molecular flexibility index (Phi) is 6.67. The first-order valence-electron chi connectivity index (χ1n) is 14.5. The zero-order chi connectivity index (χ0) is 28.8. The van der Waals surface area contributed by atoms with Crippen molar-refractivity contribution in [2.45, 2.75) is 36.6 Å². The van der Waals surface area contributed by atoms with Crippen molar-refractivity contribution in [1.29, 1.82) is 0 Å². The average Bonchev–Trinajstić information content (AvgIpc) is 3.43. The Morgan fingerprint density at radius 2 is 1.71 bits per heavy atom. The highest BCUT2D eigenvalue weighted by atomic mass is 16.6. The highest BCUT2D eigenvalue weighted by molar-refractivity contribution is 6.06. The standard InChI is InChI=1S/C34H32N2O6/c37-21-26(23-11-3-1-4-12-23)36-30-32(39)35(25-16-15-22-10-6-7-13-24(22)20-25)18-9-17-34(30)29(31(36)38)28-27(42-34)14-5-2-8-19-41-33(28)40/h1,3-7,9-17,20,26-30,37H,2,8,18-19,21H2/b14-5-/t26-,27-,28+,29+,30?,34+/m1/s1.